The summed E-state index contributed by atoms with van der Waals surface area (Å²) < 4.78 is 40.4. The van der Waals surface area contributed by atoms with Crippen molar-refractivity contribution in [2.24, 2.45) is 11.5 Å². The maximum Gasteiger partial charge on any atom is 0.329 e. The van der Waals surface area contributed by atoms with Gasteiger partial charge in [-0.2, -0.15) is 0 Å². The van der Waals surface area contributed by atoms with Crippen LogP contribution in [0.15, 0.2) is 110 Å². The number of rotatable bonds is 12. The van der Waals surface area contributed by atoms with Crippen molar-refractivity contribution >= 4 is 36.3 Å². The number of halogens is 3. The molecule has 4 heterocycles. The summed E-state index contributed by atoms with van der Waals surface area (Å²) in [6.45, 7) is 4.73. The van der Waals surface area contributed by atoms with Gasteiger partial charge in [0.1, 0.15) is 12.7 Å². The van der Waals surface area contributed by atoms with Crippen molar-refractivity contribution in [2.45, 2.75) is 50.9 Å². The molecule has 16 nitrogen and oxygen atoms in total. The third-order valence-corrected chi connectivity index (χ3v) is 12.5. The molecule has 8 rings (SSSR count). The second-order valence-electron chi connectivity index (χ2n) is 17.0. The average Bonchev–Trinajstić information content (AvgIpc) is 4.07. The number of benzene rings is 4. The summed E-state index contributed by atoms with van der Waals surface area (Å²) in [5.41, 5.74) is 16.1. The molecule has 0 saturated carbocycles. The molecule has 6 aromatic rings. The predicted octanol–water partition coefficient (Wildman–Crippen LogP) is 7.14. The van der Waals surface area contributed by atoms with Gasteiger partial charge in [-0.15, -0.1) is 12.4 Å². The van der Waals surface area contributed by atoms with Crippen LogP contribution in [0.4, 0.5) is 18.4 Å². The van der Waals surface area contributed by atoms with Crippen LogP contribution in [0.25, 0.3) is 22.5 Å². The number of amides is 4. The van der Waals surface area contributed by atoms with Crippen LogP contribution in [-0.2, 0) is 13.1 Å². The van der Waals surface area contributed by atoms with E-state index in [0.717, 1.165) is 74.1 Å². The Kier molecular flexibility index (Phi) is 17.3. The minimum atomic E-state index is -0.512. The lowest BCUT2D eigenvalue weighted by Gasteiger charge is -2.36. The standard InChI is InChI=1S/2C25H28FN5O3.ClH/c2*1-29(20-8-10-30(11-9-20)14-17-6-7-21(26)23(12-17)34-2)25(33)31-15-22(28-16-31)18-4-3-5-19(13-18)24(27)32;/h2*3-7,12-13,15-16,20H,8-11,14H2,1-2H3,(H2,27,32);1H. The Balaban J connectivity index is 0.000000224. The zero-order valence-electron chi connectivity index (χ0n) is 39.0. The number of ether oxygens (including phenoxy) is 2. The number of hydrogen-bond donors (Lipinski definition) is 2. The average molecular weight is 968 g/mol. The van der Waals surface area contributed by atoms with Crippen LogP contribution in [-0.4, -0.2) is 129 Å². The highest BCUT2D eigenvalue weighted by Crippen LogP contribution is 2.26. The van der Waals surface area contributed by atoms with E-state index in [2.05, 4.69) is 19.8 Å². The van der Waals surface area contributed by atoms with Crippen molar-refractivity contribution in [3.63, 3.8) is 0 Å². The molecular weight excluding hydrogens is 910 g/mol. The van der Waals surface area contributed by atoms with Crippen molar-refractivity contribution < 1.29 is 37.4 Å². The van der Waals surface area contributed by atoms with Gasteiger partial charge in [0, 0.05) is 100 Å². The van der Waals surface area contributed by atoms with E-state index in [1.807, 2.05) is 12.1 Å². The molecule has 0 atom stereocenters. The first-order valence-corrected chi connectivity index (χ1v) is 22.2. The van der Waals surface area contributed by atoms with Crippen LogP contribution in [0, 0.1) is 11.6 Å². The van der Waals surface area contributed by atoms with E-state index in [9.17, 15) is 28.0 Å². The Morgan fingerprint density at radius 2 is 0.986 bits per heavy atom. The Labute approximate surface area is 405 Å². The van der Waals surface area contributed by atoms with Crippen molar-refractivity contribution in [3.05, 3.63) is 144 Å². The van der Waals surface area contributed by atoms with Crippen LogP contribution < -0.4 is 20.9 Å². The fourth-order valence-electron chi connectivity index (χ4n) is 8.54. The topological polar surface area (TPSA) is 187 Å². The van der Waals surface area contributed by atoms with E-state index < -0.39 is 11.8 Å². The second-order valence-corrected chi connectivity index (χ2v) is 17.0. The van der Waals surface area contributed by atoms with E-state index in [1.54, 1.807) is 97.0 Å². The molecule has 2 fully saturated rings. The number of nitrogens with two attached hydrogens (primary N) is 2. The SMILES string of the molecule is COc1cc(CN2CCC(N(C)C(=O)n3cnc(-c4cccc(C(N)=O)c4)c3)CC2)ccc1F.COc1cc(CN2CCC(N(C)C(=O)n3cnc(-c4cccc(C(N)=O)c4)c3)CC2)ccc1F.Cl. The maximum atomic E-state index is 13.7. The van der Waals surface area contributed by atoms with Crippen LogP contribution in [0.2, 0.25) is 0 Å². The Hall–Kier alpha value is -7.15. The van der Waals surface area contributed by atoms with Crippen LogP contribution in [0.1, 0.15) is 57.5 Å². The first-order chi connectivity index (χ1) is 32.7. The van der Waals surface area contributed by atoms with E-state index in [1.165, 1.54) is 48.1 Å². The highest BCUT2D eigenvalue weighted by atomic mass is 35.5. The molecule has 0 radical (unpaired) electrons. The Morgan fingerprint density at radius 3 is 1.33 bits per heavy atom. The zero-order valence-corrected chi connectivity index (χ0v) is 39.8. The third kappa shape index (κ3) is 12.7. The largest absolute Gasteiger partial charge is 0.494 e. The van der Waals surface area contributed by atoms with Gasteiger partial charge in [0.2, 0.25) is 11.8 Å². The number of likely N-dealkylation sites (tertiary alicyclic amines) is 2. The van der Waals surface area contributed by atoms with E-state index in [4.69, 9.17) is 20.9 Å². The van der Waals surface area contributed by atoms with Crippen molar-refractivity contribution in [2.75, 3.05) is 54.5 Å². The minimum absolute atomic E-state index is 0. The van der Waals surface area contributed by atoms with Crippen molar-refractivity contribution in [1.82, 2.24) is 38.7 Å². The van der Waals surface area contributed by atoms with Crippen molar-refractivity contribution in [3.8, 4) is 34.0 Å². The summed E-state index contributed by atoms with van der Waals surface area (Å²) in [5, 5.41) is 0. The third-order valence-electron chi connectivity index (χ3n) is 12.5. The van der Waals surface area contributed by atoms with Crippen LogP contribution in [0.5, 0.6) is 11.5 Å². The van der Waals surface area contributed by atoms with Crippen molar-refractivity contribution in [1.29, 1.82) is 0 Å². The molecule has 2 saturated heterocycles. The molecule has 69 heavy (non-hydrogen) atoms. The molecule has 4 amide bonds. The van der Waals surface area contributed by atoms with Gasteiger partial charge in [-0.1, -0.05) is 36.4 Å². The number of hydrogen-bond acceptors (Lipinski definition) is 10. The number of nitrogens with zero attached hydrogens (tertiary/aromatic N) is 8. The molecule has 19 heteroatoms. The lowest BCUT2D eigenvalue weighted by Crippen LogP contribution is -2.46. The highest BCUT2D eigenvalue weighted by molar-refractivity contribution is 5.94. The monoisotopic (exact) mass is 966 g/mol. The number of aromatic nitrogens is 4. The molecule has 2 aliphatic heterocycles. The number of carbonyl (C=O) groups excluding carboxylic acids is 4. The first-order valence-electron chi connectivity index (χ1n) is 22.2. The number of primary amides is 2. The number of piperidine rings is 2. The molecule has 2 aliphatic rings. The van der Waals surface area contributed by atoms with Gasteiger partial charge in [-0.25, -0.2) is 28.3 Å². The second kappa shape index (κ2) is 23.2. The predicted molar refractivity (Wildman–Crippen MR) is 259 cm³/mol. The van der Waals surface area contributed by atoms with E-state index in [0.29, 0.717) is 35.6 Å². The lowest BCUT2D eigenvalue weighted by atomic mass is 10.0. The first kappa shape index (κ1) is 51.2. The maximum absolute atomic E-state index is 13.7. The summed E-state index contributed by atoms with van der Waals surface area (Å²) >= 11 is 0. The summed E-state index contributed by atoms with van der Waals surface area (Å²) in [6, 6.07) is 23.5. The number of imidazole rings is 2. The molecule has 0 spiro atoms. The molecule has 0 aliphatic carbocycles. The summed E-state index contributed by atoms with van der Waals surface area (Å²) in [6.07, 6.45) is 9.65. The lowest BCUT2D eigenvalue weighted by molar-refractivity contribution is 0.0992. The van der Waals surface area contributed by atoms with Gasteiger partial charge < -0.3 is 30.7 Å². The van der Waals surface area contributed by atoms with Gasteiger partial charge >= 0.3 is 12.1 Å². The zero-order chi connectivity index (χ0) is 48.5. The molecule has 2 aromatic heterocycles. The molecule has 364 valence electrons. The van der Waals surface area contributed by atoms with Crippen LogP contribution >= 0.6 is 12.4 Å². The number of methoxy groups -OCH3 is 2. The fraction of sp³-hybridized carbons (Fsp3) is 0.320. The van der Waals surface area contributed by atoms with Crippen LogP contribution in [0.3, 0.4) is 0 Å². The quantitative estimate of drug-likeness (QED) is 0.128. The molecule has 0 unspecified atom stereocenters. The highest BCUT2D eigenvalue weighted by Gasteiger charge is 2.28. The normalized spacial score (nSPS) is 14.5. The minimum Gasteiger partial charge on any atom is -0.494 e. The molecule has 4 aromatic carbocycles. The fourth-order valence-corrected chi connectivity index (χ4v) is 8.54. The van der Waals surface area contributed by atoms with Gasteiger partial charge in [0.25, 0.3) is 0 Å². The van der Waals surface area contributed by atoms with Gasteiger partial charge in [-0.3, -0.25) is 28.5 Å². The smallest absolute Gasteiger partial charge is 0.329 e. The van der Waals surface area contributed by atoms with Gasteiger partial charge in [0.15, 0.2) is 23.1 Å². The molecule has 0 bridgehead atoms. The Morgan fingerprint density at radius 1 is 0.609 bits per heavy atom. The molecular formula is C50H57ClF2N10O6. The Bertz CT molecular complexity index is 2570. The summed E-state index contributed by atoms with van der Waals surface area (Å²) in [7, 11) is 6.53. The van der Waals surface area contributed by atoms with Gasteiger partial charge in [-0.05, 0) is 85.3 Å². The number of carbonyl (C=O) groups is 4. The summed E-state index contributed by atoms with van der Waals surface area (Å²) in [4.78, 5) is 65.7. The summed E-state index contributed by atoms with van der Waals surface area (Å²) in [5.74, 6) is -1.26. The van der Waals surface area contributed by atoms with E-state index >= 15 is 0 Å². The van der Waals surface area contributed by atoms with E-state index in [-0.39, 0.29) is 59.7 Å². The molecule has 4 N–H and O–H groups in total. The van der Waals surface area contributed by atoms with Gasteiger partial charge in [0.05, 0.1) is 25.6 Å².